The zero-order chi connectivity index (χ0) is 21.3. The summed E-state index contributed by atoms with van der Waals surface area (Å²) in [5, 5.41) is 0. The van der Waals surface area contributed by atoms with Gasteiger partial charge in [0.15, 0.2) is 0 Å². The van der Waals surface area contributed by atoms with Crippen molar-refractivity contribution in [3.63, 3.8) is 0 Å². The lowest BCUT2D eigenvalue weighted by Gasteiger charge is -2.20. The van der Waals surface area contributed by atoms with Gasteiger partial charge in [0.1, 0.15) is 0 Å². The molecule has 0 aliphatic heterocycles. The molecule has 2 aromatic carbocycles. The van der Waals surface area contributed by atoms with Crippen molar-refractivity contribution in [2.24, 2.45) is 5.73 Å². The minimum Gasteiger partial charge on any atom is -0.369 e. The Hall–Kier alpha value is -2.65. The number of primary amides is 1. The van der Waals surface area contributed by atoms with Crippen LogP contribution in [0, 0.1) is 0 Å². The van der Waals surface area contributed by atoms with E-state index in [-0.39, 0.29) is 17.5 Å². The maximum Gasteiger partial charge on any atom is 0.458 e. The third-order valence-corrected chi connectivity index (χ3v) is 4.07. The van der Waals surface area contributed by atoms with Gasteiger partial charge in [-0.05, 0) is 23.6 Å². The molecule has 0 heterocycles. The van der Waals surface area contributed by atoms with Gasteiger partial charge >= 0.3 is 18.3 Å². The quantitative estimate of drug-likeness (QED) is 0.678. The molecule has 2 aromatic rings. The number of halogens is 8. The standard InChI is InChI=1S/C18H13F8NO/c19-16(20,18(24,25)26)12-6-4-10(5-7-12)8-14(15(27)28)11-2-1-3-13(9-11)17(21,22)23/h1-7,9,14H,8H2,(H2,27,28). The van der Waals surface area contributed by atoms with Crippen molar-refractivity contribution >= 4 is 5.91 Å². The lowest BCUT2D eigenvalue weighted by Crippen LogP contribution is -2.33. The number of carbonyl (C=O) groups excluding carboxylic acids is 1. The second kappa shape index (κ2) is 7.40. The SMILES string of the molecule is NC(=O)C(Cc1ccc(C(F)(F)C(F)(F)F)cc1)c1cccc(C(F)(F)F)c1. The van der Waals surface area contributed by atoms with E-state index in [1.165, 1.54) is 6.07 Å². The maximum absolute atomic E-state index is 13.3. The first-order valence-corrected chi connectivity index (χ1v) is 7.74. The van der Waals surface area contributed by atoms with Crippen LogP contribution < -0.4 is 5.73 Å². The van der Waals surface area contributed by atoms with Crippen molar-refractivity contribution in [2.45, 2.75) is 30.6 Å². The third kappa shape index (κ3) is 4.60. The second-order valence-electron chi connectivity index (χ2n) is 6.05. The fourth-order valence-corrected chi connectivity index (χ4v) is 2.56. The monoisotopic (exact) mass is 411 g/mol. The summed E-state index contributed by atoms with van der Waals surface area (Å²) >= 11 is 0. The number of benzene rings is 2. The summed E-state index contributed by atoms with van der Waals surface area (Å²) in [5.74, 6) is -7.25. The Kier molecular flexibility index (Phi) is 5.72. The first-order valence-electron chi connectivity index (χ1n) is 7.74. The summed E-state index contributed by atoms with van der Waals surface area (Å²) < 4.78 is 102. The van der Waals surface area contributed by atoms with Gasteiger partial charge in [-0.15, -0.1) is 0 Å². The van der Waals surface area contributed by atoms with Crippen LogP contribution in [0.1, 0.15) is 28.2 Å². The molecule has 0 aromatic heterocycles. The average molecular weight is 411 g/mol. The zero-order valence-electron chi connectivity index (χ0n) is 13.9. The molecule has 0 radical (unpaired) electrons. The molecule has 1 atom stereocenters. The van der Waals surface area contributed by atoms with Crippen LogP contribution >= 0.6 is 0 Å². The molecule has 2 rings (SSSR count). The van der Waals surface area contributed by atoms with Crippen LogP contribution in [0.5, 0.6) is 0 Å². The normalized spacial score (nSPS) is 14.0. The fraction of sp³-hybridized carbons (Fsp3) is 0.278. The molecular weight excluding hydrogens is 398 g/mol. The number of alkyl halides is 8. The molecule has 10 heteroatoms. The van der Waals surface area contributed by atoms with Crippen LogP contribution in [-0.4, -0.2) is 12.1 Å². The zero-order valence-corrected chi connectivity index (χ0v) is 13.9. The van der Waals surface area contributed by atoms with E-state index in [1.54, 1.807) is 0 Å². The first kappa shape index (κ1) is 21.6. The Bertz CT molecular complexity index is 840. The van der Waals surface area contributed by atoms with Crippen molar-refractivity contribution in [1.82, 2.24) is 0 Å². The highest BCUT2D eigenvalue weighted by Crippen LogP contribution is 2.43. The van der Waals surface area contributed by atoms with Crippen LogP contribution in [0.4, 0.5) is 35.1 Å². The molecule has 0 fully saturated rings. The van der Waals surface area contributed by atoms with Gasteiger partial charge in [-0.3, -0.25) is 4.79 Å². The molecule has 152 valence electrons. The summed E-state index contributed by atoms with van der Waals surface area (Å²) in [7, 11) is 0. The van der Waals surface area contributed by atoms with Gasteiger partial charge in [0.05, 0.1) is 11.5 Å². The predicted octanol–water partition coefficient (Wildman–Crippen LogP) is 5.17. The Morgan fingerprint density at radius 3 is 1.89 bits per heavy atom. The van der Waals surface area contributed by atoms with E-state index in [0.29, 0.717) is 12.1 Å². The lowest BCUT2D eigenvalue weighted by molar-refractivity contribution is -0.289. The van der Waals surface area contributed by atoms with E-state index < -0.39 is 41.2 Å². The Morgan fingerprint density at radius 2 is 1.43 bits per heavy atom. The number of amides is 1. The molecule has 2 N–H and O–H groups in total. The molecule has 1 unspecified atom stereocenters. The highest BCUT2D eigenvalue weighted by molar-refractivity contribution is 5.82. The molecule has 0 spiro atoms. The largest absolute Gasteiger partial charge is 0.458 e. The number of hydrogen-bond donors (Lipinski definition) is 1. The van der Waals surface area contributed by atoms with E-state index in [9.17, 15) is 39.9 Å². The van der Waals surface area contributed by atoms with E-state index in [1.807, 2.05) is 0 Å². The van der Waals surface area contributed by atoms with Gasteiger partial charge in [-0.2, -0.15) is 35.1 Å². The molecule has 0 aliphatic rings. The molecular formula is C18H13F8NO. The Balaban J connectivity index is 2.30. The van der Waals surface area contributed by atoms with Crippen molar-refractivity contribution in [1.29, 1.82) is 0 Å². The highest BCUT2D eigenvalue weighted by atomic mass is 19.4. The van der Waals surface area contributed by atoms with Gasteiger partial charge in [0, 0.05) is 5.56 Å². The van der Waals surface area contributed by atoms with Gasteiger partial charge in [-0.25, -0.2) is 0 Å². The van der Waals surface area contributed by atoms with Crippen molar-refractivity contribution in [3.05, 3.63) is 70.8 Å². The molecule has 0 saturated heterocycles. The number of nitrogens with two attached hydrogens (primary N) is 1. The van der Waals surface area contributed by atoms with Crippen LogP contribution in [0.25, 0.3) is 0 Å². The van der Waals surface area contributed by atoms with E-state index in [2.05, 4.69) is 0 Å². The van der Waals surface area contributed by atoms with Gasteiger partial charge < -0.3 is 5.73 Å². The maximum atomic E-state index is 13.3. The number of carbonyl (C=O) groups is 1. The van der Waals surface area contributed by atoms with Crippen LogP contribution in [0.2, 0.25) is 0 Å². The smallest absolute Gasteiger partial charge is 0.369 e. The minimum atomic E-state index is -5.78. The van der Waals surface area contributed by atoms with Crippen molar-refractivity contribution in [3.8, 4) is 0 Å². The third-order valence-electron chi connectivity index (χ3n) is 4.07. The molecule has 0 bridgehead atoms. The van der Waals surface area contributed by atoms with Crippen LogP contribution in [0.15, 0.2) is 48.5 Å². The van der Waals surface area contributed by atoms with E-state index in [4.69, 9.17) is 5.73 Å². The molecule has 1 amide bonds. The molecule has 0 saturated carbocycles. The van der Waals surface area contributed by atoms with Gasteiger partial charge in [-0.1, -0.05) is 42.5 Å². The Morgan fingerprint density at radius 1 is 0.857 bits per heavy atom. The summed E-state index contributed by atoms with van der Waals surface area (Å²) in [6, 6.07) is 6.85. The summed E-state index contributed by atoms with van der Waals surface area (Å²) in [6.07, 6.45) is -10.7. The highest BCUT2D eigenvalue weighted by Gasteiger charge is 2.58. The number of rotatable bonds is 5. The molecule has 2 nitrogen and oxygen atoms in total. The first-order chi connectivity index (χ1) is 12.7. The fourth-order valence-electron chi connectivity index (χ4n) is 2.56. The molecule has 0 aliphatic carbocycles. The van der Waals surface area contributed by atoms with E-state index in [0.717, 1.165) is 30.3 Å². The van der Waals surface area contributed by atoms with E-state index >= 15 is 0 Å². The van der Waals surface area contributed by atoms with Gasteiger partial charge in [0.25, 0.3) is 0 Å². The van der Waals surface area contributed by atoms with Crippen molar-refractivity contribution in [2.75, 3.05) is 0 Å². The average Bonchev–Trinajstić information content (AvgIpc) is 2.58. The Labute approximate surface area is 154 Å². The van der Waals surface area contributed by atoms with Gasteiger partial charge in [0.2, 0.25) is 5.91 Å². The molecule has 28 heavy (non-hydrogen) atoms. The number of hydrogen-bond acceptors (Lipinski definition) is 1. The minimum absolute atomic E-state index is 0.0491. The van der Waals surface area contributed by atoms with Crippen LogP contribution in [0.3, 0.4) is 0 Å². The topological polar surface area (TPSA) is 43.1 Å². The lowest BCUT2D eigenvalue weighted by atomic mass is 9.90. The van der Waals surface area contributed by atoms with Crippen molar-refractivity contribution < 1.29 is 39.9 Å². The predicted molar refractivity (Wildman–Crippen MR) is 83.5 cm³/mol. The summed E-state index contributed by atoms with van der Waals surface area (Å²) in [4.78, 5) is 11.7. The second-order valence-corrected chi connectivity index (χ2v) is 6.05. The van der Waals surface area contributed by atoms with Crippen LogP contribution in [-0.2, 0) is 23.3 Å². The summed E-state index contributed by atoms with van der Waals surface area (Å²) in [5.41, 5.74) is 3.05. The summed E-state index contributed by atoms with van der Waals surface area (Å²) in [6.45, 7) is 0.